The summed E-state index contributed by atoms with van der Waals surface area (Å²) in [4.78, 5) is 24.9. The van der Waals surface area contributed by atoms with Gasteiger partial charge < -0.3 is 20.7 Å². The summed E-state index contributed by atoms with van der Waals surface area (Å²) in [5, 5.41) is 9.63. The normalized spacial score (nSPS) is 11.3. The van der Waals surface area contributed by atoms with E-state index in [0.29, 0.717) is 40.1 Å². The molecule has 0 saturated heterocycles. The molecular formula is C26H25Cl2N3O3S. The smallest absolute Gasteiger partial charge is 0.251 e. The second kappa shape index (κ2) is 13.1. The minimum absolute atomic E-state index is 0.139. The predicted octanol–water partition coefficient (Wildman–Crippen LogP) is 6.16. The van der Waals surface area contributed by atoms with Crippen molar-refractivity contribution in [1.29, 1.82) is 0 Å². The third kappa shape index (κ3) is 8.55. The van der Waals surface area contributed by atoms with Crippen LogP contribution in [0.25, 0.3) is 0 Å². The van der Waals surface area contributed by atoms with Crippen LogP contribution >= 0.6 is 35.4 Å². The van der Waals surface area contributed by atoms with Gasteiger partial charge in [0, 0.05) is 22.7 Å². The van der Waals surface area contributed by atoms with Gasteiger partial charge in [0.1, 0.15) is 5.75 Å². The standard InChI is InChI=1S/C26H25Cl2N3O3S/c1-17(18-7-3-2-4-8-18)29-25(33)19-9-5-10-21(15-19)30-26(35)31-24(32)11-6-14-34-23-13-12-20(27)16-22(23)28/h2-5,7-10,12-13,15-17H,6,11,14H2,1H3,(H,29,33)(H2,30,31,32,35). The van der Waals surface area contributed by atoms with Crippen molar-refractivity contribution in [2.75, 3.05) is 11.9 Å². The quantitative estimate of drug-likeness (QED) is 0.228. The molecule has 0 heterocycles. The van der Waals surface area contributed by atoms with Crippen LogP contribution in [0.4, 0.5) is 5.69 Å². The molecule has 1 unspecified atom stereocenters. The topological polar surface area (TPSA) is 79.5 Å². The fourth-order valence-corrected chi connectivity index (χ4v) is 3.90. The lowest BCUT2D eigenvalue weighted by Gasteiger charge is -2.15. The molecule has 182 valence electrons. The molecule has 0 radical (unpaired) electrons. The molecule has 6 nitrogen and oxygen atoms in total. The summed E-state index contributed by atoms with van der Waals surface area (Å²) in [6, 6.07) is 21.4. The number of amides is 2. The van der Waals surface area contributed by atoms with E-state index in [2.05, 4.69) is 16.0 Å². The van der Waals surface area contributed by atoms with E-state index in [4.69, 9.17) is 40.2 Å². The lowest BCUT2D eigenvalue weighted by atomic mass is 10.1. The number of hydrogen-bond acceptors (Lipinski definition) is 4. The highest BCUT2D eigenvalue weighted by Crippen LogP contribution is 2.27. The first-order valence-electron chi connectivity index (χ1n) is 11.0. The first-order valence-corrected chi connectivity index (χ1v) is 12.1. The molecule has 0 spiro atoms. The van der Waals surface area contributed by atoms with Crippen molar-refractivity contribution in [2.24, 2.45) is 0 Å². The van der Waals surface area contributed by atoms with Gasteiger partial charge in [-0.05, 0) is 67.5 Å². The predicted molar refractivity (Wildman–Crippen MR) is 144 cm³/mol. The highest BCUT2D eigenvalue weighted by molar-refractivity contribution is 7.80. The monoisotopic (exact) mass is 529 g/mol. The van der Waals surface area contributed by atoms with E-state index in [9.17, 15) is 9.59 Å². The number of thiocarbonyl (C=S) groups is 1. The zero-order valence-electron chi connectivity index (χ0n) is 19.0. The number of carbonyl (C=O) groups is 2. The Hall–Kier alpha value is -3.13. The zero-order valence-corrected chi connectivity index (χ0v) is 21.3. The Morgan fingerprint density at radius 1 is 1.00 bits per heavy atom. The third-order valence-corrected chi connectivity index (χ3v) is 5.72. The lowest BCUT2D eigenvalue weighted by Crippen LogP contribution is -2.34. The van der Waals surface area contributed by atoms with Crippen molar-refractivity contribution >= 4 is 58.0 Å². The highest BCUT2D eigenvalue weighted by atomic mass is 35.5. The summed E-state index contributed by atoms with van der Waals surface area (Å²) >= 11 is 17.2. The minimum Gasteiger partial charge on any atom is -0.492 e. The zero-order chi connectivity index (χ0) is 25.2. The van der Waals surface area contributed by atoms with Gasteiger partial charge in [-0.25, -0.2) is 0 Å². The van der Waals surface area contributed by atoms with E-state index in [1.165, 1.54) is 0 Å². The Morgan fingerprint density at radius 2 is 1.77 bits per heavy atom. The van der Waals surface area contributed by atoms with E-state index < -0.39 is 0 Å². The second-order valence-electron chi connectivity index (χ2n) is 7.72. The number of anilines is 1. The number of hydrogen-bond donors (Lipinski definition) is 3. The molecule has 3 rings (SSSR count). The summed E-state index contributed by atoms with van der Waals surface area (Å²) in [6.45, 7) is 2.24. The summed E-state index contributed by atoms with van der Waals surface area (Å²) in [5.41, 5.74) is 2.08. The molecule has 2 amide bonds. The molecule has 35 heavy (non-hydrogen) atoms. The molecule has 0 saturated carbocycles. The molecule has 0 aromatic heterocycles. The first kappa shape index (κ1) is 26.5. The molecule has 3 N–H and O–H groups in total. The number of halogens is 2. The Balaban J connectivity index is 1.43. The maximum atomic E-state index is 12.7. The van der Waals surface area contributed by atoms with Crippen molar-refractivity contribution < 1.29 is 14.3 Å². The SMILES string of the molecule is CC(NC(=O)c1cccc(NC(=S)NC(=O)CCCOc2ccc(Cl)cc2Cl)c1)c1ccccc1. The maximum Gasteiger partial charge on any atom is 0.251 e. The summed E-state index contributed by atoms with van der Waals surface area (Å²) in [7, 11) is 0. The Labute approximate surface area is 220 Å². The van der Waals surface area contributed by atoms with Gasteiger partial charge in [0.2, 0.25) is 5.91 Å². The van der Waals surface area contributed by atoms with E-state index in [-0.39, 0.29) is 29.4 Å². The van der Waals surface area contributed by atoms with Gasteiger partial charge in [0.15, 0.2) is 5.11 Å². The molecule has 3 aromatic carbocycles. The van der Waals surface area contributed by atoms with Crippen LogP contribution in [0.3, 0.4) is 0 Å². The van der Waals surface area contributed by atoms with Crippen molar-refractivity contribution in [3.63, 3.8) is 0 Å². The molecule has 0 fully saturated rings. The molecule has 0 aliphatic rings. The van der Waals surface area contributed by atoms with Crippen molar-refractivity contribution in [2.45, 2.75) is 25.8 Å². The molecular weight excluding hydrogens is 505 g/mol. The number of ether oxygens (including phenoxy) is 1. The van der Waals surface area contributed by atoms with Crippen molar-refractivity contribution in [3.05, 3.63) is 94.0 Å². The van der Waals surface area contributed by atoms with Crippen LogP contribution in [0.2, 0.25) is 10.0 Å². The van der Waals surface area contributed by atoms with E-state index >= 15 is 0 Å². The number of rotatable bonds is 9. The van der Waals surface area contributed by atoms with Gasteiger partial charge in [-0.3, -0.25) is 9.59 Å². The fraction of sp³-hybridized carbons (Fsp3) is 0.192. The largest absolute Gasteiger partial charge is 0.492 e. The summed E-state index contributed by atoms with van der Waals surface area (Å²) in [6.07, 6.45) is 0.690. The van der Waals surface area contributed by atoms with Crippen LogP contribution in [0.15, 0.2) is 72.8 Å². The Morgan fingerprint density at radius 3 is 2.51 bits per heavy atom. The number of nitrogens with one attached hydrogen (secondary N) is 3. The second-order valence-corrected chi connectivity index (χ2v) is 8.97. The Kier molecular flexibility index (Phi) is 9.90. The van der Waals surface area contributed by atoms with Gasteiger partial charge >= 0.3 is 0 Å². The van der Waals surface area contributed by atoms with Crippen LogP contribution in [-0.2, 0) is 4.79 Å². The van der Waals surface area contributed by atoms with Crippen LogP contribution in [0.5, 0.6) is 5.75 Å². The Bertz CT molecular complexity index is 1190. The first-order chi connectivity index (χ1) is 16.8. The van der Waals surface area contributed by atoms with Crippen molar-refractivity contribution in [1.82, 2.24) is 10.6 Å². The van der Waals surface area contributed by atoms with Crippen LogP contribution in [-0.4, -0.2) is 23.5 Å². The van der Waals surface area contributed by atoms with Gasteiger partial charge in [-0.2, -0.15) is 0 Å². The maximum absolute atomic E-state index is 12.7. The van der Waals surface area contributed by atoms with E-state index in [1.807, 2.05) is 37.3 Å². The van der Waals surface area contributed by atoms with Crippen LogP contribution in [0.1, 0.15) is 41.7 Å². The van der Waals surface area contributed by atoms with Crippen molar-refractivity contribution in [3.8, 4) is 5.75 Å². The number of carbonyl (C=O) groups excluding carboxylic acids is 2. The van der Waals surface area contributed by atoms with Gasteiger partial charge in [-0.15, -0.1) is 0 Å². The van der Waals surface area contributed by atoms with E-state index in [0.717, 1.165) is 5.56 Å². The average molecular weight is 530 g/mol. The summed E-state index contributed by atoms with van der Waals surface area (Å²) in [5.74, 6) is 0.0513. The van der Waals surface area contributed by atoms with Crippen LogP contribution in [0, 0.1) is 0 Å². The highest BCUT2D eigenvalue weighted by Gasteiger charge is 2.12. The van der Waals surface area contributed by atoms with Gasteiger partial charge in [-0.1, -0.05) is 59.6 Å². The summed E-state index contributed by atoms with van der Waals surface area (Å²) < 4.78 is 5.58. The van der Waals surface area contributed by atoms with Gasteiger partial charge in [0.05, 0.1) is 17.7 Å². The molecule has 3 aromatic rings. The third-order valence-electron chi connectivity index (χ3n) is 4.98. The van der Waals surface area contributed by atoms with E-state index in [1.54, 1.807) is 42.5 Å². The molecule has 1 atom stereocenters. The van der Waals surface area contributed by atoms with Gasteiger partial charge in [0.25, 0.3) is 5.91 Å². The molecule has 0 bridgehead atoms. The lowest BCUT2D eigenvalue weighted by molar-refractivity contribution is -0.119. The molecule has 0 aliphatic carbocycles. The molecule has 0 aliphatic heterocycles. The number of benzene rings is 3. The van der Waals surface area contributed by atoms with Crippen LogP contribution < -0.4 is 20.7 Å². The fourth-order valence-electron chi connectivity index (χ4n) is 3.20. The molecule has 9 heteroatoms. The minimum atomic E-state index is -0.251. The average Bonchev–Trinajstić information content (AvgIpc) is 2.83.